The van der Waals surface area contributed by atoms with Gasteiger partial charge >= 0.3 is 0 Å². The minimum absolute atomic E-state index is 0.0639. The van der Waals surface area contributed by atoms with E-state index in [1.165, 1.54) is 48.5 Å². The topological polar surface area (TPSA) is 75.3 Å². The number of halogens is 1. The van der Waals surface area contributed by atoms with Crippen LogP contribution in [0, 0.1) is 12.7 Å². The highest BCUT2D eigenvalue weighted by molar-refractivity contribution is 7.92. The minimum atomic E-state index is -3.96. The van der Waals surface area contributed by atoms with Gasteiger partial charge in [-0.05, 0) is 48.9 Å². The van der Waals surface area contributed by atoms with E-state index in [1.54, 1.807) is 0 Å². The third-order valence-corrected chi connectivity index (χ3v) is 5.46. The van der Waals surface area contributed by atoms with Crippen molar-refractivity contribution in [2.75, 3.05) is 4.72 Å². The number of benzene rings is 3. The molecule has 7 heteroatoms. The SMILES string of the molecule is Cc1cccc(CNC(=O)c2ccc(S(=O)(=O)Nc3ccccc3F)cc2)c1. The van der Waals surface area contributed by atoms with Gasteiger partial charge in [0.1, 0.15) is 5.82 Å². The van der Waals surface area contributed by atoms with Gasteiger partial charge in [0.2, 0.25) is 0 Å². The summed E-state index contributed by atoms with van der Waals surface area (Å²) in [5.74, 6) is -0.981. The number of anilines is 1. The van der Waals surface area contributed by atoms with E-state index in [0.29, 0.717) is 12.1 Å². The molecule has 0 aliphatic heterocycles. The zero-order valence-corrected chi connectivity index (χ0v) is 16.0. The Bertz CT molecular complexity index is 1100. The van der Waals surface area contributed by atoms with Gasteiger partial charge in [-0.2, -0.15) is 0 Å². The lowest BCUT2D eigenvalue weighted by Gasteiger charge is -2.10. The molecule has 0 bridgehead atoms. The summed E-state index contributed by atoms with van der Waals surface area (Å²) in [6.07, 6.45) is 0. The number of nitrogens with one attached hydrogen (secondary N) is 2. The van der Waals surface area contributed by atoms with Crippen LogP contribution in [0.2, 0.25) is 0 Å². The van der Waals surface area contributed by atoms with Crippen molar-refractivity contribution >= 4 is 21.6 Å². The number of para-hydroxylation sites is 1. The van der Waals surface area contributed by atoms with E-state index in [-0.39, 0.29) is 16.5 Å². The maximum atomic E-state index is 13.7. The molecule has 3 rings (SSSR count). The Morgan fingerprint density at radius 3 is 2.36 bits per heavy atom. The predicted molar refractivity (Wildman–Crippen MR) is 106 cm³/mol. The molecule has 0 spiro atoms. The third-order valence-electron chi connectivity index (χ3n) is 4.08. The van der Waals surface area contributed by atoms with Crippen LogP contribution in [0.5, 0.6) is 0 Å². The van der Waals surface area contributed by atoms with Crippen LogP contribution in [0.3, 0.4) is 0 Å². The predicted octanol–water partition coefficient (Wildman–Crippen LogP) is 3.86. The van der Waals surface area contributed by atoms with Gasteiger partial charge in [-0.25, -0.2) is 12.8 Å². The van der Waals surface area contributed by atoms with Crippen molar-refractivity contribution in [3.63, 3.8) is 0 Å². The first-order chi connectivity index (χ1) is 13.3. The second-order valence-electron chi connectivity index (χ2n) is 6.28. The van der Waals surface area contributed by atoms with Crippen molar-refractivity contribution in [3.8, 4) is 0 Å². The van der Waals surface area contributed by atoms with Crippen molar-refractivity contribution < 1.29 is 17.6 Å². The highest BCUT2D eigenvalue weighted by atomic mass is 32.2. The fourth-order valence-corrected chi connectivity index (χ4v) is 3.71. The number of rotatable bonds is 6. The number of aryl methyl sites for hydroxylation is 1. The van der Waals surface area contributed by atoms with Gasteiger partial charge in [0, 0.05) is 12.1 Å². The Morgan fingerprint density at radius 2 is 1.68 bits per heavy atom. The van der Waals surface area contributed by atoms with Crippen LogP contribution >= 0.6 is 0 Å². The van der Waals surface area contributed by atoms with Crippen molar-refractivity contribution in [2.24, 2.45) is 0 Å². The monoisotopic (exact) mass is 398 g/mol. The molecule has 0 unspecified atom stereocenters. The molecule has 28 heavy (non-hydrogen) atoms. The van der Waals surface area contributed by atoms with Gasteiger partial charge in [-0.1, -0.05) is 42.0 Å². The zero-order chi connectivity index (χ0) is 20.1. The number of hydrogen-bond donors (Lipinski definition) is 2. The fourth-order valence-electron chi connectivity index (χ4n) is 2.64. The lowest BCUT2D eigenvalue weighted by molar-refractivity contribution is 0.0951. The first-order valence-electron chi connectivity index (χ1n) is 8.56. The molecule has 0 aliphatic rings. The lowest BCUT2D eigenvalue weighted by Crippen LogP contribution is -2.23. The molecule has 3 aromatic rings. The summed E-state index contributed by atoms with van der Waals surface area (Å²) >= 11 is 0. The van der Waals surface area contributed by atoms with E-state index in [4.69, 9.17) is 0 Å². The maximum absolute atomic E-state index is 13.7. The molecule has 5 nitrogen and oxygen atoms in total. The van der Waals surface area contributed by atoms with Crippen molar-refractivity contribution in [3.05, 3.63) is 95.3 Å². The third kappa shape index (κ3) is 4.75. The molecule has 2 N–H and O–H groups in total. The van der Waals surface area contributed by atoms with Gasteiger partial charge in [0.15, 0.2) is 0 Å². The zero-order valence-electron chi connectivity index (χ0n) is 15.1. The molecule has 0 aliphatic carbocycles. The van der Waals surface area contributed by atoms with Crippen LogP contribution in [0.1, 0.15) is 21.5 Å². The van der Waals surface area contributed by atoms with E-state index >= 15 is 0 Å². The highest BCUT2D eigenvalue weighted by Crippen LogP contribution is 2.19. The van der Waals surface area contributed by atoms with Gasteiger partial charge in [-0.15, -0.1) is 0 Å². The fraction of sp³-hybridized carbons (Fsp3) is 0.0952. The van der Waals surface area contributed by atoms with Crippen molar-refractivity contribution in [1.82, 2.24) is 5.32 Å². The molecular formula is C21H19FN2O3S. The van der Waals surface area contributed by atoms with Gasteiger partial charge < -0.3 is 5.32 Å². The van der Waals surface area contributed by atoms with Crippen LogP contribution in [-0.4, -0.2) is 14.3 Å². The molecule has 0 radical (unpaired) electrons. The molecule has 3 aromatic carbocycles. The molecule has 1 amide bonds. The number of carbonyl (C=O) groups excluding carboxylic acids is 1. The highest BCUT2D eigenvalue weighted by Gasteiger charge is 2.17. The van der Waals surface area contributed by atoms with Gasteiger partial charge in [-0.3, -0.25) is 9.52 Å². The summed E-state index contributed by atoms with van der Waals surface area (Å²) in [6, 6.07) is 18.7. The standard InChI is InChI=1S/C21H19FN2O3S/c1-15-5-4-6-16(13-15)14-23-21(25)17-9-11-18(12-10-17)28(26,27)24-20-8-3-2-7-19(20)22/h2-13,24H,14H2,1H3,(H,23,25). The number of carbonyl (C=O) groups is 1. The molecule has 0 saturated heterocycles. The van der Waals surface area contributed by atoms with Crippen molar-refractivity contribution in [2.45, 2.75) is 18.4 Å². The quantitative estimate of drug-likeness (QED) is 0.662. The Labute approximate surface area is 163 Å². The molecule has 0 saturated carbocycles. The summed E-state index contributed by atoms with van der Waals surface area (Å²) in [7, 11) is -3.96. The van der Waals surface area contributed by atoms with E-state index in [0.717, 1.165) is 11.1 Å². The van der Waals surface area contributed by atoms with E-state index in [1.807, 2.05) is 31.2 Å². The normalized spacial score (nSPS) is 11.1. The van der Waals surface area contributed by atoms with E-state index in [2.05, 4.69) is 10.0 Å². The molecular weight excluding hydrogens is 379 g/mol. The molecule has 144 valence electrons. The summed E-state index contributed by atoms with van der Waals surface area (Å²) in [6.45, 7) is 2.34. The smallest absolute Gasteiger partial charge is 0.261 e. The lowest BCUT2D eigenvalue weighted by atomic mass is 10.1. The minimum Gasteiger partial charge on any atom is -0.348 e. The van der Waals surface area contributed by atoms with Crippen LogP contribution in [-0.2, 0) is 16.6 Å². The van der Waals surface area contributed by atoms with Crippen LogP contribution in [0.25, 0.3) is 0 Å². The summed E-state index contributed by atoms with van der Waals surface area (Å²) in [4.78, 5) is 12.2. The van der Waals surface area contributed by atoms with Gasteiger partial charge in [0.05, 0.1) is 10.6 Å². The summed E-state index contributed by atoms with van der Waals surface area (Å²) in [5.41, 5.74) is 2.27. The number of amides is 1. The first-order valence-corrected chi connectivity index (χ1v) is 10.0. The molecule has 0 heterocycles. The van der Waals surface area contributed by atoms with Crippen molar-refractivity contribution in [1.29, 1.82) is 0 Å². The number of sulfonamides is 1. The maximum Gasteiger partial charge on any atom is 0.261 e. The second-order valence-corrected chi connectivity index (χ2v) is 7.96. The van der Waals surface area contributed by atoms with Crippen LogP contribution in [0.15, 0.2) is 77.7 Å². The van der Waals surface area contributed by atoms with Gasteiger partial charge in [0.25, 0.3) is 15.9 Å². The first kappa shape index (κ1) is 19.6. The number of hydrogen-bond acceptors (Lipinski definition) is 3. The Morgan fingerprint density at radius 1 is 0.964 bits per heavy atom. The Balaban J connectivity index is 1.68. The average molecular weight is 398 g/mol. The summed E-state index contributed by atoms with van der Waals surface area (Å²) in [5, 5.41) is 2.79. The Kier molecular flexibility index (Phi) is 5.75. The van der Waals surface area contributed by atoms with Crippen LogP contribution in [0.4, 0.5) is 10.1 Å². The molecule has 0 aromatic heterocycles. The summed E-state index contributed by atoms with van der Waals surface area (Å²) < 4.78 is 40.7. The largest absolute Gasteiger partial charge is 0.348 e. The molecule has 0 fully saturated rings. The average Bonchev–Trinajstić information content (AvgIpc) is 2.68. The van der Waals surface area contributed by atoms with E-state index < -0.39 is 15.8 Å². The second kappa shape index (κ2) is 8.22. The van der Waals surface area contributed by atoms with E-state index in [9.17, 15) is 17.6 Å². The Hall–Kier alpha value is -3.19. The van der Waals surface area contributed by atoms with Crippen LogP contribution < -0.4 is 10.0 Å². The molecule has 0 atom stereocenters.